The van der Waals surface area contributed by atoms with Crippen LogP contribution in [0.15, 0.2) is 9.05 Å². The Morgan fingerprint density at radius 3 is 2.54 bits per heavy atom. The van der Waals surface area contributed by atoms with E-state index in [0.717, 1.165) is 31.9 Å². The number of rotatable bonds is 6. The van der Waals surface area contributed by atoms with Gasteiger partial charge in [0.15, 0.2) is 5.82 Å². The maximum absolute atomic E-state index is 12.7. The first-order valence-corrected chi connectivity index (χ1v) is 9.20. The van der Waals surface area contributed by atoms with Gasteiger partial charge in [-0.1, -0.05) is 17.2 Å². The summed E-state index contributed by atoms with van der Waals surface area (Å²) >= 11 is 0. The molecule has 3 heterocycles. The quantitative estimate of drug-likeness (QED) is 0.775. The van der Waals surface area contributed by atoms with Crippen molar-refractivity contribution in [1.82, 2.24) is 25.1 Å². The summed E-state index contributed by atoms with van der Waals surface area (Å²) < 4.78 is 10.4. The smallest absolute Gasteiger partial charge is 0.259 e. The summed E-state index contributed by atoms with van der Waals surface area (Å²) in [6.07, 6.45) is 0.787. The van der Waals surface area contributed by atoms with E-state index in [1.807, 2.05) is 18.7 Å². The Morgan fingerprint density at radius 1 is 1.23 bits per heavy atom. The molecule has 8 nitrogen and oxygen atoms in total. The third-order valence-corrected chi connectivity index (χ3v) is 5.66. The van der Waals surface area contributed by atoms with Crippen molar-refractivity contribution in [3.8, 4) is 0 Å². The van der Waals surface area contributed by atoms with Crippen LogP contribution in [-0.4, -0.2) is 57.7 Å². The molecule has 3 atom stereocenters. The fourth-order valence-corrected chi connectivity index (χ4v) is 4.19. The zero-order chi connectivity index (χ0) is 18.4. The van der Waals surface area contributed by atoms with E-state index in [1.165, 1.54) is 0 Å². The molecule has 26 heavy (non-hydrogen) atoms. The monoisotopic (exact) mass is 359 g/mol. The predicted molar refractivity (Wildman–Crippen MR) is 92.4 cm³/mol. The van der Waals surface area contributed by atoms with Crippen molar-refractivity contribution in [3.63, 3.8) is 0 Å². The molecule has 1 unspecified atom stereocenters. The number of carbonyl (C=O) groups excluding carboxylic acids is 1. The number of fused-ring (bicyclic) bond motifs is 1. The number of aryl methyl sites for hydroxylation is 3. The van der Waals surface area contributed by atoms with Crippen molar-refractivity contribution in [2.75, 3.05) is 26.7 Å². The van der Waals surface area contributed by atoms with Crippen LogP contribution >= 0.6 is 0 Å². The lowest BCUT2D eigenvalue weighted by atomic mass is 10.1. The van der Waals surface area contributed by atoms with Gasteiger partial charge in [0.2, 0.25) is 5.89 Å². The highest BCUT2D eigenvalue weighted by atomic mass is 16.5. The second kappa shape index (κ2) is 6.50. The van der Waals surface area contributed by atoms with Gasteiger partial charge in [-0.2, -0.15) is 4.98 Å². The van der Waals surface area contributed by atoms with E-state index < -0.39 is 0 Å². The predicted octanol–water partition coefficient (Wildman–Crippen LogP) is 1.69. The van der Waals surface area contributed by atoms with E-state index in [0.29, 0.717) is 47.2 Å². The number of amides is 1. The van der Waals surface area contributed by atoms with E-state index in [2.05, 4.69) is 27.2 Å². The van der Waals surface area contributed by atoms with Gasteiger partial charge in [0.25, 0.3) is 5.91 Å². The van der Waals surface area contributed by atoms with Crippen LogP contribution in [0.4, 0.5) is 0 Å². The van der Waals surface area contributed by atoms with Crippen molar-refractivity contribution < 1.29 is 13.8 Å². The minimum Gasteiger partial charge on any atom is -0.361 e. The molecule has 4 rings (SSSR count). The number of hydrogen-bond acceptors (Lipinski definition) is 7. The van der Waals surface area contributed by atoms with E-state index in [4.69, 9.17) is 9.05 Å². The molecule has 0 aromatic carbocycles. The lowest BCUT2D eigenvalue weighted by Crippen LogP contribution is -2.34. The van der Waals surface area contributed by atoms with Gasteiger partial charge in [0.1, 0.15) is 11.3 Å². The van der Waals surface area contributed by atoms with Crippen LogP contribution in [-0.2, 0) is 13.0 Å². The molecule has 0 bridgehead atoms. The largest absolute Gasteiger partial charge is 0.361 e. The van der Waals surface area contributed by atoms with Gasteiger partial charge in [0.05, 0.1) is 12.2 Å². The first-order chi connectivity index (χ1) is 12.5. The van der Waals surface area contributed by atoms with Crippen LogP contribution in [0.3, 0.4) is 0 Å². The highest BCUT2D eigenvalue weighted by Gasteiger charge is 2.56. The molecule has 8 heteroatoms. The van der Waals surface area contributed by atoms with E-state index in [-0.39, 0.29) is 5.91 Å². The molecule has 0 radical (unpaired) electrons. The number of likely N-dealkylation sites (tertiary alicyclic amines) is 1. The lowest BCUT2D eigenvalue weighted by molar-refractivity contribution is 0.0761. The second-order valence-corrected chi connectivity index (χ2v) is 7.56. The van der Waals surface area contributed by atoms with Crippen molar-refractivity contribution in [2.45, 2.75) is 33.7 Å². The van der Waals surface area contributed by atoms with Crippen molar-refractivity contribution in [2.24, 2.45) is 17.8 Å². The summed E-state index contributed by atoms with van der Waals surface area (Å²) in [7, 11) is 2.08. The summed E-state index contributed by atoms with van der Waals surface area (Å²) in [5, 5.41) is 7.83. The van der Waals surface area contributed by atoms with Crippen LogP contribution in [0, 0.1) is 31.6 Å². The van der Waals surface area contributed by atoms with Gasteiger partial charge in [0, 0.05) is 26.1 Å². The zero-order valence-electron chi connectivity index (χ0n) is 15.7. The fourth-order valence-electron chi connectivity index (χ4n) is 4.19. The maximum Gasteiger partial charge on any atom is 0.259 e. The third-order valence-electron chi connectivity index (χ3n) is 5.66. The first-order valence-electron chi connectivity index (χ1n) is 9.20. The lowest BCUT2D eigenvalue weighted by Gasteiger charge is -2.21. The second-order valence-electron chi connectivity index (χ2n) is 7.56. The number of piperidine rings is 1. The Hall–Kier alpha value is -2.22. The minimum atomic E-state index is 0.0542. The molecule has 2 aromatic rings. The summed E-state index contributed by atoms with van der Waals surface area (Å²) in [6, 6.07) is 0. The molecule has 1 aliphatic heterocycles. The van der Waals surface area contributed by atoms with Crippen molar-refractivity contribution >= 4 is 5.91 Å². The molecular formula is C18H25N5O3. The molecule has 140 valence electrons. The van der Waals surface area contributed by atoms with Gasteiger partial charge >= 0.3 is 0 Å². The van der Waals surface area contributed by atoms with Crippen LogP contribution in [0.25, 0.3) is 0 Å². The van der Waals surface area contributed by atoms with E-state index >= 15 is 0 Å². The Labute approximate surface area is 152 Å². The number of hydrogen-bond donors (Lipinski definition) is 0. The Bertz CT molecular complexity index is 782. The molecule has 1 aliphatic carbocycles. The zero-order valence-corrected chi connectivity index (χ0v) is 15.7. The van der Waals surface area contributed by atoms with Gasteiger partial charge in [-0.3, -0.25) is 9.69 Å². The van der Waals surface area contributed by atoms with Crippen LogP contribution in [0.5, 0.6) is 0 Å². The maximum atomic E-state index is 12.7. The van der Waals surface area contributed by atoms with E-state index in [9.17, 15) is 4.79 Å². The van der Waals surface area contributed by atoms with Crippen LogP contribution < -0.4 is 0 Å². The number of nitrogens with zero attached hydrogens (tertiary/aromatic N) is 5. The SMILES string of the molecule is CCc1noc(CN(C)CC2[C@H]3CN(C(=O)c4c(C)noc4C)C[C@@H]23)n1. The Kier molecular flexibility index (Phi) is 4.30. The topological polar surface area (TPSA) is 88.5 Å². The molecule has 0 N–H and O–H groups in total. The van der Waals surface area contributed by atoms with Crippen molar-refractivity contribution in [1.29, 1.82) is 0 Å². The van der Waals surface area contributed by atoms with Gasteiger partial charge in [-0.15, -0.1) is 0 Å². The van der Waals surface area contributed by atoms with Gasteiger partial charge in [-0.05, 0) is 38.6 Å². The third kappa shape index (κ3) is 3.02. The van der Waals surface area contributed by atoms with Gasteiger partial charge in [-0.25, -0.2) is 0 Å². The number of carbonyl (C=O) groups is 1. The Morgan fingerprint density at radius 2 is 1.96 bits per heavy atom. The highest BCUT2D eigenvalue weighted by molar-refractivity contribution is 5.96. The molecule has 2 aromatic heterocycles. The summed E-state index contributed by atoms with van der Waals surface area (Å²) in [6.45, 7) is 8.94. The Balaban J connectivity index is 1.28. The summed E-state index contributed by atoms with van der Waals surface area (Å²) in [4.78, 5) is 21.2. The fraction of sp³-hybridized carbons (Fsp3) is 0.667. The average Bonchev–Trinajstić information content (AvgIpc) is 3.04. The van der Waals surface area contributed by atoms with Crippen molar-refractivity contribution in [3.05, 3.63) is 28.7 Å². The molecule has 2 aliphatic rings. The average molecular weight is 359 g/mol. The molecule has 2 fully saturated rings. The molecule has 0 spiro atoms. The van der Waals surface area contributed by atoms with Crippen LogP contribution in [0.2, 0.25) is 0 Å². The molecule has 1 amide bonds. The molecule has 1 saturated carbocycles. The summed E-state index contributed by atoms with van der Waals surface area (Å²) in [5.74, 6) is 3.92. The molecular weight excluding hydrogens is 334 g/mol. The number of aromatic nitrogens is 3. The minimum absolute atomic E-state index is 0.0542. The normalized spacial score (nSPS) is 24.3. The first kappa shape index (κ1) is 17.2. The van der Waals surface area contributed by atoms with Gasteiger partial charge < -0.3 is 13.9 Å². The van der Waals surface area contributed by atoms with Crippen LogP contribution in [0.1, 0.15) is 40.5 Å². The van der Waals surface area contributed by atoms with E-state index in [1.54, 1.807) is 6.92 Å². The highest BCUT2D eigenvalue weighted by Crippen LogP contribution is 2.52. The standard InChI is InChI=1S/C18H25N5O3/c1-5-15-19-16(26-21-15)9-22(4)6-12-13-7-23(8-14(12)13)18(24)17-10(2)20-25-11(17)3/h12-14H,5-9H2,1-4H3/t12?,13-,14+. The molecule has 1 saturated heterocycles. The summed E-state index contributed by atoms with van der Waals surface area (Å²) in [5.41, 5.74) is 1.30.